The summed E-state index contributed by atoms with van der Waals surface area (Å²) in [6.45, 7) is 5.38. The van der Waals surface area contributed by atoms with E-state index in [2.05, 4.69) is 23.5 Å². The van der Waals surface area contributed by atoms with E-state index in [0.717, 1.165) is 13.0 Å². The van der Waals surface area contributed by atoms with Crippen molar-refractivity contribution in [2.75, 3.05) is 25.9 Å². The van der Waals surface area contributed by atoms with Crippen LogP contribution in [0.4, 0.5) is 5.69 Å². The van der Waals surface area contributed by atoms with Gasteiger partial charge in [0.05, 0.1) is 5.02 Å². The topological polar surface area (TPSA) is 75.4 Å². The molecule has 1 aromatic carbocycles. The predicted molar refractivity (Wildman–Crippen MR) is 83.4 cm³/mol. The zero-order chi connectivity index (χ0) is 15.3. The molecular formula is C13H22ClN3O2S. The summed E-state index contributed by atoms with van der Waals surface area (Å²) < 4.78 is 26.8. The van der Waals surface area contributed by atoms with Gasteiger partial charge in [-0.2, -0.15) is 0 Å². The van der Waals surface area contributed by atoms with Crippen molar-refractivity contribution >= 4 is 27.3 Å². The van der Waals surface area contributed by atoms with Crippen LogP contribution in [0.1, 0.15) is 20.3 Å². The number of benzene rings is 1. The van der Waals surface area contributed by atoms with E-state index >= 15 is 0 Å². The number of nitrogens with one attached hydrogen (secondary N) is 1. The van der Waals surface area contributed by atoms with E-state index in [1.54, 1.807) is 6.07 Å². The van der Waals surface area contributed by atoms with Crippen molar-refractivity contribution in [1.29, 1.82) is 0 Å². The normalized spacial score (nSPS) is 12.3. The molecule has 0 amide bonds. The van der Waals surface area contributed by atoms with E-state index in [1.807, 2.05) is 7.05 Å². The Morgan fingerprint density at radius 2 is 2.05 bits per heavy atom. The van der Waals surface area contributed by atoms with Crippen LogP contribution in [-0.2, 0) is 10.0 Å². The lowest BCUT2D eigenvalue weighted by Crippen LogP contribution is -2.31. The number of rotatable bonds is 7. The number of nitrogens with zero attached hydrogens (tertiary/aromatic N) is 1. The Hall–Kier alpha value is -0.820. The van der Waals surface area contributed by atoms with Crippen LogP contribution in [0.5, 0.6) is 0 Å². The quantitative estimate of drug-likeness (QED) is 0.595. The molecule has 0 saturated heterocycles. The summed E-state index contributed by atoms with van der Waals surface area (Å²) in [5.74, 6) is 0. The van der Waals surface area contributed by atoms with Crippen molar-refractivity contribution in [3.63, 3.8) is 0 Å². The van der Waals surface area contributed by atoms with Crippen molar-refractivity contribution in [1.82, 2.24) is 9.62 Å². The van der Waals surface area contributed by atoms with Gasteiger partial charge in [0.1, 0.15) is 4.90 Å². The van der Waals surface area contributed by atoms with Gasteiger partial charge in [0.2, 0.25) is 10.0 Å². The maximum Gasteiger partial charge on any atom is 0.242 e. The minimum absolute atomic E-state index is 0.0244. The fourth-order valence-corrected chi connectivity index (χ4v) is 3.20. The molecule has 3 N–H and O–H groups in total. The molecule has 0 unspecified atom stereocenters. The fraction of sp³-hybridized carbons (Fsp3) is 0.538. The number of sulfonamides is 1. The molecule has 0 spiro atoms. The van der Waals surface area contributed by atoms with Gasteiger partial charge in [-0.1, -0.05) is 11.6 Å². The van der Waals surface area contributed by atoms with Crippen LogP contribution in [0.3, 0.4) is 0 Å². The van der Waals surface area contributed by atoms with Gasteiger partial charge in [-0.25, -0.2) is 13.1 Å². The summed E-state index contributed by atoms with van der Waals surface area (Å²) in [6.07, 6.45) is 0.730. The van der Waals surface area contributed by atoms with Crippen molar-refractivity contribution in [3.8, 4) is 0 Å². The first-order chi connectivity index (χ1) is 9.24. The first kappa shape index (κ1) is 17.2. The molecule has 0 atom stereocenters. The van der Waals surface area contributed by atoms with Crippen molar-refractivity contribution in [2.24, 2.45) is 0 Å². The van der Waals surface area contributed by atoms with Crippen molar-refractivity contribution < 1.29 is 8.42 Å². The third-order valence-corrected chi connectivity index (χ3v) is 5.05. The fourth-order valence-electron chi connectivity index (χ4n) is 1.60. The van der Waals surface area contributed by atoms with E-state index in [-0.39, 0.29) is 9.92 Å². The van der Waals surface area contributed by atoms with Gasteiger partial charge in [-0.3, -0.25) is 0 Å². The lowest BCUT2D eigenvalue weighted by molar-refractivity contribution is 0.271. The van der Waals surface area contributed by atoms with Crippen molar-refractivity contribution in [2.45, 2.75) is 31.2 Å². The summed E-state index contributed by atoms with van der Waals surface area (Å²) in [4.78, 5) is 2.18. The zero-order valence-corrected chi connectivity index (χ0v) is 13.6. The highest BCUT2D eigenvalue weighted by Crippen LogP contribution is 2.23. The molecule has 0 aliphatic carbocycles. The van der Waals surface area contributed by atoms with Crippen LogP contribution in [0.25, 0.3) is 0 Å². The van der Waals surface area contributed by atoms with E-state index in [0.29, 0.717) is 18.3 Å². The second-order valence-electron chi connectivity index (χ2n) is 5.02. The summed E-state index contributed by atoms with van der Waals surface area (Å²) >= 11 is 5.90. The molecule has 0 fully saturated rings. The third-order valence-electron chi connectivity index (χ3n) is 3.11. The van der Waals surface area contributed by atoms with Crippen LogP contribution in [0.2, 0.25) is 5.02 Å². The number of nitrogens with two attached hydrogens (primary N) is 1. The van der Waals surface area contributed by atoms with Gasteiger partial charge in [0.25, 0.3) is 0 Å². The van der Waals surface area contributed by atoms with Crippen molar-refractivity contribution in [3.05, 3.63) is 23.2 Å². The Morgan fingerprint density at radius 3 is 2.65 bits per heavy atom. The predicted octanol–water partition coefficient (Wildman–Crippen LogP) is 1.93. The number of hydrogen-bond donors (Lipinski definition) is 2. The summed E-state index contributed by atoms with van der Waals surface area (Å²) in [5, 5.41) is 0.172. The van der Waals surface area contributed by atoms with E-state index in [4.69, 9.17) is 17.3 Å². The Balaban J connectivity index is 2.60. The minimum Gasteiger partial charge on any atom is -0.399 e. The van der Waals surface area contributed by atoms with E-state index < -0.39 is 10.0 Å². The average Bonchev–Trinajstić information content (AvgIpc) is 2.37. The van der Waals surface area contributed by atoms with Gasteiger partial charge < -0.3 is 10.6 Å². The molecule has 0 heterocycles. The van der Waals surface area contributed by atoms with Gasteiger partial charge in [-0.05, 0) is 52.1 Å². The molecule has 0 aromatic heterocycles. The van der Waals surface area contributed by atoms with Crippen LogP contribution >= 0.6 is 11.6 Å². The van der Waals surface area contributed by atoms with Gasteiger partial charge in [0.15, 0.2) is 0 Å². The first-order valence-corrected chi connectivity index (χ1v) is 8.35. The molecular weight excluding hydrogens is 298 g/mol. The molecule has 0 aliphatic heterocycles. The summed E-state index contributed by atoms with van der Waals surface area (Å²) in [7, 11) is -1.60. The zero-order valence-electron chi connectivity index (χ0n) is 12.1. The number of nitrogen functional groups attached to an aromatic ring is 1. The Kier molecular flexibility index (Phi) is 6.26. The average molecular weight is 320 g/mol. The SMILES string of the molecule is CC(C)N(C)CCCNS(=O)(=O)c1cc(N)ccc1Cl. The molecule has 7 heteroatoms. The molecule has 5 nitrogen and oxygen atoms in total. The smallest absolute Gasteiger partial charge is 0.242 e. The number of hydrogen-bond acceptors (Lipinski definition) is 4. The minimum atomic E-state index is -3.61. The molecule has 1 aromatic rings. The third kappa shape index (κ3) is 4.94. The van der Waals surface area contributed by atoms with Gasteiger partial charge >= 0.3 is 0 Å². The largest absolute Gasteiger partial charge is 0.399 e. The van der Waals surface area contributed by atoms with Gasteiger partial charge in [0, 0.05) is 18.3 Å². The maximum absolute atomic E-state index is 12.1. The number of halogens is 1. The molecule has 0 aliphatic rings. The van der Waals surface area contributed by atoms with Crippen LogP contribution in [-0.4, -0.2) is 39.5 Å². The Bertz CT molecular complexity index is 547. The summed E-state index contributed by atoms with van der Waals surface area (Å²) in [5.41, 5.74) is 5.96. The summed E-state index contributed by atoms with van der Waals surface area (Å²) in [6, 6.07) is 4.86. The van der Waals surface area contributed by atoms with Crippen LogP contribution in [0, 0.1) is 0 Å². The molecule has 114 valence electrons. The first-order valence-electron chi connectivity index (χ1n) is 6.49. The highest BCUT2D eigenvalue weighted by Gasteiger charge is 2.17. The van der Waals surface area contributed by atoms with Gasteiger partial charge in [-0.15, -0.1) is 0 Å². The Labute approximate surface area is 126 Å². The van der Waals surface area contributed by atoms with Crippen LogP contribution in [0.15, 0.2) is 23.1 Å². The highest BCUT2D eigenvalue weighted by molar-refractivity contribution is 7.89. The molecule has 1 rings (SSSR count). The molecule has 0 saturated carbocycles. The monoisotopic (exact) mass is 319 g/mol. The second-order valence-corrected chi connectivity index (χ2v) is 7.16. The maximum atomic E-state index is 12.1. The molecule has 0 bridgehead atoms. The van der Waals surface area contributed by atoms with E-state index in [1.165, 1.54) is 12.1 Å². The second kappa shape index (κ2) is 7.26. The molecule has 20 heavy (non-hydrogen) atoms. The standard InChI is InChI=1S/C13H22ClN3O2S/c1-10(2)17(3)8-4-7-16-20(18,19)13-9-11(15)5-6-12(13)14/h5-6,9-10,16H,4,7-8,15H2,1-3H3. The number of anilines is 1. The Morgan fingerprint density at radius 1 is 1.40 bits per heavy atom. The molecule has 0 radical (unpaired) electrons. The van der Waals surface area contributed by atoms with E-state index in [9.17, 15) is 8.42 Å². The lowest BCUT2D eigenvalue weighted by Gasteiger charge is -2.20. The van der Waals surface area contributed by atoms with Crippen LogP contribution < -0.4 is 10.5 Å². The highest BCUT2D eigenvalue weighted by atomic mass is 35.5. The lowest BCUT2D eigenvalue weighted by atomic mass is 10.3.